The molecule has 0 bridgehead atoms. The number of esters is 1. The molecule has 0 aromatic heterocycles. The zero-order valence-electron chi connectivity index (χ0n) is 11.8. The number of anilines is 1. The lowest BCUT2D eigenvalue weighted by Crippen LogP contribution is -2.10. The minimum atomic E-state index is -0.279. The zero-order chi connectivity index (χ0) is 14.2. The first-order valence-corrected chi connectivity index (χ1v) is 6.92. The minimum Gasteiger partial charge on any atom is -0.462 e. The Hall–Kier alpha value is -1.59. The summed E-state index contributed by atoms with van der Waals surface area (Å²) >= 11 is 0. The van der Waals surface area contributed by atoms with Crippen molar-refractivity contribution in [2.24, 2.45) is 0 Å². The number of carbonyl (C=O) groups excluding carboxylic acids is 1. The summed E-state index contributed by atoms with van der Waals surface area (Å²) in [5.41, 5.74) is 2.90. The predicted molar refractivity (Wildman–Crippen MR) is 76.2 cm³/mol. The van der Waals surface area contributed by atoms with E-state index in [1.807, 2.05) is 18.2 Å². The first-order valence-electron chi connectivity index (χ1n) is 6.92. The van der Waals surface area contributed by atoms with Crippen molar-refractivity contribution < 1.29 is 19.0 Å². The van der Waals surface area contributed by atoms with Crippen molar-refractivity contribution in [3.63, 3.8) is 0 Å². The molecule has 5 heteroatoms. The number of fused-ring (bicyclic) bond motifs is 1. The zero-order valence-corrected chi connectivity index (χ0v) is 11.8. The molecular formula is C15H21NO4. The monoisotopic (exact) mass is 279 g/mol. The van der Waals surface area contributed by atoms with E-state index in [-0.39, 0.29) is 5.97 Å². The van der Waals surface area contributed by atoms with Crippen LogP contribution in [0.2, 0.25) is 0 Å². The van der Waals surface area contributed by atoms with Crippen molar-refractivity contribution >= 4 is 11.7 Å². The molecular weight excluding hydrogens is 258 g/mol. The normalized spacial score (nSPS) is 12.8. The van der Waals surface area contributed by atoms with Gasteiger partial charge in [-0.15, -0.1) is 0 Å². The summed E-state index contributed by atoms with van der Waals surface area (Å²) in [4.78, 5) is 11.9. The van der Waals surface area contributed by atoms with Crippen molar-refractivity contribution in [3.05, 3.63) is 29.3 Å². The van der Waals surface area contributed by atoms with Crippen molar-refractivity contribution in [2.75, 3.05) is 45.4 Å². The lowest BCUT2D eigenvalue weighted by Gasteiger charge is -2.07. The van der Waals surface area contributed by atoms with E-state index in [0.29, 0.717) is 38.4 Å². The highest BCUT2D eigenvalue weighted by molar-refractivity contribution is 5.91. The van der Waals surface area contributed by atoms with Gasteiger partial charge in [-0.3, -0.25) is 0 Å². The second kappa shape index (κ2) is 7.87. The van der Waals surface area contributed by atoms with Crippen molar-refractivity contribution in [1.29, 1.82) is 0 Å². The van der Waals surface area contributed by atoms with Crippen LogP contribution in [0.1, 0.15) is 22.3 Å². The molecule has 0 saturated heterocycles. The van der Waals surface area contributed by atoms with Gasteiger partial charge < -0.3 is 19.5 Å². The van der Waals surface area contributed by atoms with E-state index in [1.165, 1.54) is 5.56 Å². The van der Waals surface area contributed by atoms with Gasteiger partial charge in [-0.1, -0.05) is 6.07 Å². The van der Waals surface area contributed by atoms with Gasteiger partial charge in [0.25, 0.3) is 0 Å². The molecule has 0 saturated carbocycles. The molecule has 1 aromatic rings. The molecule has 1 aliphatic heterocycles. The molecule has 1 N–H and O–H groups in total. The van der Waals surface area contributed by atoms with Crippen LogP contribution in [0.4, 0.5) is 5.69 Å². The van der Waals surface area contributed by atoms with Gasteiger partial charge in [-0.2, -0.15) is 0 Å². The van der Waals surface area contributed by atoms with E-state index >= 15 is 0 Å². The van der Waals surface area contributed by atoms with Gasteiger partial charge in [0.2, 0.25) is 0 Å². The average molecular weight is 279 g/mol. The van der Waals surface area contributed by atoms with E-state index in [1.54, 1.807) is 7.11 Å². The van der Waals surface area contributed by atoms with Crippen LogP contribution in [0.25, 0.3) is 0 Å². The minimum absolute atomic E-state index is 0.279. The van der Waals surface area contributed by atoms with Crippen LogP contribution in [-0.4, -0.2) is 46.1 Å². The standard InChI is InChI=1S/C15H21NO4/c1-18-9-10-19-7-2-8-20-15(17)13-4-3-12-5-6-16-14(12)11-13/h3-4,11,16H,2,5-10H2,1H3. The molecule has 110 valence electrons. The van der Waals surface area contributed by atoms with Crippen LogP contribution < -0.4 is 5.32 Å². The fourth-order valence-corrected chi connectivity index (χ4v) is 2.07. The lowest BCUT2D eigenvalue weighted by atomic mass is 10.1. The Kier molecular flexibility index (Phi) is 5.83. The first kappa shape index (κ1) is 14.8. The number of carbonyl (C=O) groups is 1. The Morgan fingerprint density at radius 3 is 3.00 bits per heavy atom. The second-order valence-electron chi connectivity index (χ2n) is 4.64. The Morgan fingerprint density at radius 1 is 1.25 bits per heavy atom. The third-order valence-electron chi connectivity index (χ3n) is 3.15. The van der Waals surface area contributed by atoms with Gasteiger partial charge in [0.15, 0.2) is 0 Å². The summed E-state index contributed by atoms with van der Waals surface area (Å²) in [6, 6.07) is 5.67. The summed E-state index contributed by atoms with van der Waals surface area (Å²) < 4.78 is 15.4. The van der Waals surface area contributed by atoms with Crippen LogP contribution in [-0.2, 0) is 20.6 Å². The smallest absolute Gasteiger partial charge is 0.338 e. The van der Waals surface area contributed by atoms with Crippen LogP contribution >= 0.6 is 0 Å². The topological polar surface area (TPSA) is 56.8 Å². The van der Waals surface area contributed by atoms with E-state index in [4.69, 9.17) is 14.2 Å². The number of hydrogen-bond donors (Lipinski definition) is 1. The number of methoxy groups -OCH3 is 1. The highest BCUT2D eigenvalue weighted by Gasteiger charge is 2.14. The Morgan fingerprint density at radius 2 is 2.15 bits per heavy atom. The third-order valence-corrected chi connectivity index (χ3v) is 3.15. The molecule has 0 spiro atoms. The molecule has 0 aliphatic carbocycles. The largest absolute Gasteiger partial charge is 0.462 e. The average Bonchev–Trinajstić information content (AvgIpc) is 2.93. The number of ether oxygens (including phenoxy) is 3. The quantitative estimate of drug-likeness (QED) is 0.581. The van der Waals surface area contributed by atoms with E-state index < -0.39 is 0 Å². The van der Waals surface area contributed by atoms with Crippen molar-refractivity contribution in [1.82, 2.24) is 0 Å². The summed E-state index contributed by atoms with van der Waals surface area (Å²) in [6.45, 7) is 3.04. The SMILES string of the molecule is COCCOCCCOC(=O)c1ccc2c(c1)NCC2. The highest BCUT2D eigenvalue weighted by atomic mass is 16.5. The summed E-state index contributed by atoms with van der Waals surface area (Å²) in [5.74, 6) is -0.279. The fraction of sp³-hybridized carbons (Fsp3) is 0.533. The second-order valence-corrected chi connectivity index (χ2v) is 4.64. The molecule has 0 radical (unpaired) electrons. The molecule has 0 atom stereocenters. The van der Waals surface area contributed by atoms with Gasteiger partial charge in [-0.25, -0.2) is 4.79 Å². The number of benzene rings is 1. The molecule has 1 aromatic carbocycles. The van der Waals surface area contributed by atoms with Gasteiger partial charge in [0.05, 0.1) is 25.4 Å². The molecule has 1 heterocycles. The molecule has 1 aliphatic rings. The van der Waals surface area contributed by atoms with Gasteiger partial charge in [0.1, 0.15) is 0 Å². The molecule has 5 nitrogen and oxygen atoms in total. The maximum Gasteiger partial charge on any atom is 0.338 e. The molecule has 0 unspecified atom stereocenters. The van der Waals surface area contributed by atoms with Gasteiger partial charge in [-0.05, 0) is 24.1 Å². The fourth-order valence-electron chi connectivity index (χ4n) is 2.07. The lowest BCUT2D eigenvalue weighted by molar-refractivity contribution is 0.0385. The van der Waals surface area contributed by atoms with E-state index in [9.17, 15) is 4.79 Å². The van der Waals surface area contributed by atoms with Gasteiger partial charge >= 0.3 is 5.97 Å². The Balaban J connectivity index is 1.67. The van der Waals surface area contributed by atoms with E-state index in [2.05, 4.69) is 5.32 Å². The number of hydrogen-bond acceptors (Lipinski definition) is 5. The molecule has 20 heavy (non-hydrogen) atoms. The van der Waals surface area contributed by atoms with Crippen LogP contribution in [0.3, 0.4) is 0 Å². The third kappa shape index (κ3) is 4.21. The maximum atomic E-state index is 11.9. The summed E-state index contributed by atoms with van der Waals surface area (Å²) in [7, 11) is 1.64. The van der Waals surface area contributed by atoms with Crippen LogP contribution in [0, 0.1) is 0 Å². The predicted octanol–water partition coefficient (Wildman–Crippen LogP) is 1.86. The maximum absolute atomic E-state index is 11.9. The summed E-state index contributed by atoms with van der Waals surface area (Å²) in [6.07, 6.45) is 1.71. The Labute approximate surface area is 119 Å². The molecule has 0 fully saturated rings. The Bertz CT molecular complexity index is 447. The van der Waals surface area contributed by atoms with Crippen LogP contribution in [0.15, 0.2) is 18.2 Å². The number of rotatable bonds is 8. The first-order chi connectivity index (χ1) is 9.81. The highest BCUT2D eigenvalue weighted by Crippen LogP contribution is 2.23. The van der Waals surface area contributed by atoms with Crippen molar-refractivity contribution in [2.45, 2.75) is 12.8 Å². The van der Waals surface area contributed by atoms with Crippen molar-refractivity contribution in [3.8, 4) is 0 Å². The molecule has 0 amide bonds. The molecule has 2 rings (SSSR count). The van der Waals surface area contributed by atoms with E-state index in [0.717, 1.165) is 18.7 Å². The van der Waals surface area contributed by atoms with Crippen LogP contribution in [0.5, 0.6) is 0 Å². The number of nitrogens with one attached hydrogen (secondary N) is 1. The van der Waals surface area contributed by atoms with Gasteiger partial charge in [0, 0.05) is 32.4 Å². The summed E-state index contributed by atoms with van der Waals surface area (Å²) in [5, 5.41) is 3.25.